The Morgan fingerprint density at radius 1 is 1.38 bits per heavy atom. The van der Waals surface area contributed by atoms with E-state index in [1.807, 2.05) is 6.07 Å². The van der Waals surface area contributed by atoms with Gasteiger partial charge in [0.25, 0.3) is 0 Å². The monoisotopic (exact) mass is 292 g/mol. The predicted molar refractivity (Wildman–Crippen MR) is 81.3 cm³/mol. The minimum absolute atomic E-state index is 0.130. The van der Waals surface area contributed by atoms with Gasteiger partial charge in [0.05, 0.1) is 24.0 Å². The summed E-state index contributed by atoms with van der Waals surface area (Å²) >= 11 is 0. The molecule has 2 aliphatic heterocycles. The molecule has 0 amide bonds. The number of aromatic nitrogens is 2. The topological polar surface area (TPSA) is 84.5 Å². The van der Waals surface area contributed by atoms with Gasteiger partial charge in [0.15, 0.2) is 0 Å². The van der Waals surface area contributed by atoms with Gasteiger partial charge >= 0.3 is 0 Å². The molecule has 116 valence electrons. The highest BCUT2D eigenvalue weighted by atomic mass is 16.5. The van der Waals surface area contributed by atoms with Crippen LogP contribution in [0.5, 0.6) is 0 Å². The summed E-state index contributed by atoms with van der Waals surface area (Å²) in [5, 5.41) is 9.69. The molecule has 0 aliphatic carbocycles. The van der Waals surface area contributed by atoms with Gasteiger partial charge in [-0.25, -0.2) is 4.98 Å². The van der Waals surface area contributed by atoms with E-state index in [0.717, 1.165) is 43.9 Å². The fourth-order valence-corrected chi connectivity index (χ4v) is 3.24. The molecule has 0 unspecified atom stereocenters. The molecule has 1 aromatic rings. The van der Waals surface area contributed by atoms with Crippen molar-refractivity contribution in [1.82, 2.24) is 9.97 Å². The van der Waals surface area contributed by atoms with Crippen molar-refractivity contribution < 1.29 is 9.84 Å². The number of piperidine rings is 1. The summed E-state index contributed by atoms with van der Waals surface area (Å²) in [6.07, 6.45) is 2.29. The van der Waals surface area contributed by atoms with Crippen LogP contribution in [0.1, 0.15) is 44.7 Å². The lowest BCUT2D eigenvalue weighted by Gasteiger charge is -2.39. The molecule has 21 heavy (non-hydrogen) atoms. The van der Waals surface area contributed by atoms with E-state index in [0.29, 0.717) is 18.5 Å². The molecule has 1 aromatic heterocycles. The van der Waals surface area contributed by atoms with Gasteiger partial charge in [-0.3, -0.25) is 0 Å². The zero-order valence-electron chi connectivity index (χ0n) is 12.7. The van der Waals surface area contributed by atoms with Crippen LogP contribution < -0.4 is 10.6 Å². The van der Waals surface area contributed by atoms with Crippen LogP contribution in [0.3, 0.4) is 0 Å². The molecule has 1 atom stereocenters. The Hall–Kier alpha value is -1.40. The summed E-state index contributed by atoms with van der Waals surface area (Å²) in [6.45, 7) is 6.42. The van der Waals surface area contributed by atoms with E-state index >= 15 is 0 Å². The number of rotatable bonds is 2. The van der Waals surface area contributed by atoms with E-state index in [-0.39, 0.29) is 11.7 Å². The smallest absolute Gasteiger partial charge is 0.222 e. The molecule has 1 spiro atoms. The van der Waals surface area contributed by atoms with Crippen LogP contribution in [0.15, 0.2) is 6.07 Å². The minimum Gasteiger partial charge on any atom is -0.391 e. The number of anilines is 2. The van der Waals surface area contributed by atoms with Crippen molar-refractivity contribution in [3.63, 3.8) is 0 Å². The molecule has 2 fully saturated rings. The average Bonchev–Trinajstić information content (AvgIpc) is 2.80. The summed E-state index contributed by atoms with van der Waals surface area (Å²) in [5.41, 5.74) is 6.68. The van der Waals surface area contributed by atoms with Crippen LogP contribution >= 0.6 is 0 Å². The standard InChI is InChI=1S/C15H24N4O2/c1-10(2)12-7-13(18-14(16)17-12)19-5-3-15(4-6-19)8-11(20)9-21-15/h7,10-11,20H,3-6,8-9H2,1-2H3,(H2,16,17,18)/t11-/m1/s1. The second-order valence-corrected chi connectivity index (χ2v) is 6.50. The maximum Gasteiger partial charge on any atom is 0.222 e. The summed E-state index contributed by atoms with van der Waals surface area (Å²) < 4.78 is 5.83. The summed E-state index contributed by atoms with van der Waals surface area (Å²) in [7, 11) is 0. The Balaban J connectivity index is 1.72. The van der Waals surface area contributed by atoms with Gasteiger partial charge in [-0.15, -0.1) is 0 Å². The molecule has 2 aliphatic rings. The Kier molecular flexibility index (Phi) is 3.75. The van der Waals surface area contributed by atoms with Gasteiger partial charge in [0.1, 0.15) is 5.82 Å². The van der Waals surface area contributed by atoms with Crippen molar-refractivity contribution in [3.8, 4) is 0 Å². The van der Waals surface area contributed by atoms with Gasteiger partial charge in [-0.1, -0.05) is 13.8 Å². The van der Waals surface area contributed by atoms with Crippen molar-refractivity contribution in [2.24, 2.45) is 0 Å². The first-order valence-corrected chi connectivity index (χ1v) is 7.69. The van der Waals surface area contributed by atoms with Crippen molar-refractivity contribution in [2.45, 2.75) is 50.7 Å². The molecule has 0 aromatic carbocycles. The van der Waals surface area contributed by atoms with Gasteiger partial charge in [-0.2, -0.15) is 4.98 Å². The first-order valence-electron chi connectivity index (χ1n) is 7.69. The molecule has 6 nitrogen and oxygen atoms in total. The van der Waals surface area contributed by atoms with E-state index in [9.17, 15) is 5.11 Å². The second kappa shape index (κ2) is 5.42. The molecule has 0 bridgehead atoms. The van der Waals surface area contributed by atoms with E-state index in [1.165, 1.54) is 0 Å². The molecule has 3 heterocycles. The van der Waals surface area contributed by atoms with Crippen LogP contribution in [0.4, 0.5) is 11.8 Å². The maximum absolute atomic E-state index is 9.69. The van der Waals surface area contributed by atoms with Gasteiger partial charge in [0, 0.05) is 25.6 Å². The first kappa shape index (κ1) is 14.5. The number of nitrogen functional groups attached to an aromatic ring is 1. The normalized spacial score (nSPS) is 25.0. The fourth-order valence-electron chi connectivity index (χ4n) is 3.24. The van der Waals surface area contributed by atoms with Gasteiger partial charge in [-0.05, 0) is 18.8 Å². The highest BCUT2D eigenvalue weighted by molar-refractivity contribution is 5.44. The van der Waals surface area contributed by atoms with Crippen LogP contribution in [0, 0.1) is 0 Å². The summed E-state index contributed by atoms with van der Waals surface area (Å²) in [4.78, 5) is 10.9. The van der Waals surface area contributed by atoms with E-state index < -0.39 is 0 Å². The number of hydrogen-bond donors (Lipinski definition) is 2. The van der Waals surface area contributed by atoms with Crippen LogP contribution in [0.25, 0.3) is 0 Å². The van der Waals surface area contributed by atoms with E-state index in [1.54, 1.807) is 0 Å². The number of hydrogen-bond acceptors (Lipinski definition) is 6. The molecule has 3 rings (SSSR count). The largest absolute Gasteiger partial charge is 0.391 e. The van der Waals surface area contributed by atoms with Crippen molar-refractivity contribution in [3.05, 3.63) is 11.8 Å². The Morgan fingerprint density at radius 2 is 2.10 bits per heavy atom. The fraction of sp³-hybridized carbons (Fsp3) is 0.733. The zero-order valence-corrected chi connectivity index (χ0v) is 12.7. The number of nitrogens with two attached hydrogens (primary N) is 1. The van der Waals surface area contributed by atoms with Crippen LogP contribution in [0.2, 0.25) is 0 Å². The lowest BCUT2D eigenvalue weighted by molar-refractivity contribution is -0.0167. The summed E-state index contributed by atoms with van der Waals surface area (Å²) in [5.74, 6) is 1.57. The van der Waals surface area contributed by atoms with Crippen molar-refractivity contribution in [1.29, 1.82) is 0 Å². The molecular formula is C15H24N4O2. The molecule has 0 radical (unpaired) electrons. The molecule has 6 heteroatoms. The van der Waals surface area contributed by atoms with Gasteiger partial charge < -0.3 is 20.5 Å². The SMILES string of the molecule is CC(C)c1cc(N2CCC3(CC2)C[C@@H](O)CO3)nc(N)n1. The highest BCUT2D eigenvalue weighted by Gasteiger charge is 2.42. The van der Waals surface area contributed by atoms with E-state index in [4.69, 9.17) is 10.5 Å². The lowest BCUT2D eigenvalue weighted by atomic mass is 9.88. The van der Waals surface area contributed by atoms with E-state index in [2.05, 4.69) is 28.7 Å². The molecule has 3 N–H and O–H groups in total. The zero-order chi connectivity index (χ0) is 15.0. The Labute approximate surface area is 125 Å². The van der Waals surface area contributed by atoms with Crippen molar-refractivity contribution in [2.75, 3.05) is 30.3 Å². The Morgan fingerprint density at radius 3 is 2.67 bits per heavy atom. The third kappa shape index (κ3) is 2.96. The highest BCUT2D eigenvalue weighted by Crippen LogP contribution is 2.37. The lowest BCUT2D eigenvalue weighted by Crippen LogP contribution is -2.44. The number of nitrogens with zero attached hydrogens (tertiary/aromatic N) is 3. The molecular weight excluding hydrogens is 268 g/mol. The summed E-state index contributed by atoms with van der Waals surface area (Å²) in [6, 6.07) is 2.03. The average molecular weight is 292 g/mol. The molecule has 2 saturated heterocycles. The quantitative estimate of drug-likeness (QED) is 0.855. The number of aliphatic hydroxyl groups excluding tert-OH is 1. The number of ether oxygens (including phenoxy) is 1. The van der Waals surface area contributed by atoms with Crippen molar-refractivity contribution >= 4 is 11.8 Å². The van der Waals surface area contributed by atoms with Gasteiger partial charge in [0.2, 0.25) is 5.95 Å². The maximum atomic E-state index is 9.69. The predicted octanol–water partition coefficient (Wildman–Crippen LogP) is 1.30. The van der Waals surface area contributed by atoms with Crippen LogP contribution in [-0.4, -0.2) is 46.5 Å². The minimum atomic E-state index is -0.307. The Bertz CT molecular complexity index is 512. The first-order chi connectivity index (χ1) is 9.97. The third-order valence-corrected chi connectivity index (χ3v) is 4.53. The third-order valence-electron chi connectivity index (χ3n) is 4.53. The second-order valence-electron chi connectivity index (χ2n) is 6.50. The molecule has 0 saturated carbocycles. The number of aliphatic hydroxyl groups is 1. The van der Waals surface area contributed by atoms with Crippen LogP contribution in [-0.2, 0) is 4.74 Å².